The highest BCUT2D eigenvalue weighted by molar-refractivity contribution is 4.82. The lowest BCUT2D eigenvalue weighted by Crippen LogP contribution is -2.51. The molecule has 1 saturated carbocycles. The molecule has 21 heavy (non-hydrogen) atoms. The van der Waals surface area contributed by atoms with Crippen LogP contribution in [0, 0.1) is 5.92 Å². The van der Waals surface area contributed by atoms with Gasteiger partial charge in [-0.25, -0.2) is 0 Å². The van der Waals surface area contributed by atoms with E-state index in [1.165, 1.54) is 65.0 Å². The highest BCUT2D eigenvalue weighted by Gasteiger charge is 2.30. The predicted molar refractivity (Wildman–Crippen MR) is 86.7 cm³/mol. The fourth-order valence-corrected chi connectivity index (χ4v) is 4.10. The van der Waals surface area contributed by atoms with Crippen LogP contribution in [0.15, 0.2) is 0 Å². The number of hydrogen-bond donors (Lipinski definition) is 0. The normalized spacial score (nSPS) is 34.0. The zero-order valence-corrected chi connectivity index (χ0v) is 14.0. The molecule has 0 aromatic rings. The molecule has 2 heterocycles. The molecule has 2 saturated heterocycles. The fourth-order valence-electron chi connectivity index (χ4n) is 4.10. The van der Waals surface area contributed by atoms with Crippen molar-refractivity contribution in [3.8, 4) is 0 Å². The lowest BCUT2D eigenvalue weighted by molar-refractivity contribution is -0.0982. The highest BCUT2D eigenvalue weighted by atomic mass is 16.5. The Balaban J connectivity index is 1.31. The zero-order chi connectivity index (χ0) is 14.7. The van der Waals surface area contributed by atoms with Gasteiger partial charge in [0.2, 0.25) is 0 Å². The van der Waals surface area contributed by atoms with Crippen molar-refractivity contribution >= 4 is 0 Å². The summed E-state index contributed by atoms with van der Waals surface area (Å²) < 4.78 is 6.20. The van der Waals surface area contributed by atoms with Crippen molar-refractivity contribution in [3.63, 3.8) is 0 Å². The number of rotatable bonds is 5. The van der Waals surface area contributed by atoms with Crippen molar-refractivity contribution in [2.24, 2.45) is 5.92 Å². The Morgan fingerprint density at radius 3 is 2.05 bits per heavy atom. The summed E-state index contributed by atoms with van der Waals surface area (Å²) in [6.45, 7) is 12.2. The molecular weight excluding hydrogens is 262 g/mol. The van der Waals surface area contributed by atoms with Gasteiger partial charge in [-0.2, -0.15) is 0 Å². The van der Waals surface area contributed by atoms with Crippen LogP contribution in [0.5, 0.6) is 0 Å². The Morgan fingerprint density at radius 2 is 1.48 bits per heavy atom. The van der Waals surface area contributed by atoms with Crippen molar-refractivity contribution in [1.29, 1.82) is 0 Å². The topological polar surface area (TPSA) is 19.0 Å². The summed E-state index contributed by atoms with van der Waals surface area (Å²) in [5.74, 6) is 0.919. The van der Waals surface area contributed by atoms with E-state index in [2.05, 4.69) is 28.7 Å². The van der Waals surface area contributed by atoms with Crippen molar-refractivity contribution < 1.29 is 4.74 Å². The number of piperazine rings is 1. The molecule has 0 radical (unpaired) electrons. The third-order valence-electron chi connectivity index (χ3n) is 5.64. The van der Waals surface area contributed by atoms with E-state index in [4.69, 9.17) is 4.74 Å². The molecule has 0 amide bonds. The zero-order valence-electron chi connectivity index (χ0n) is 14.0. The first-order valence-corrected chi connectivity index (χ1v) is 9.01. The second-order valence-electron chi connectivity index (χ2n) is 7.36. The second kappa shape index (κ2) is 7.40. The summed E-state index contributed by atoms with van der Waals surface area (Å²) in [5.41, 5.74) is 0. The largest absolute Gasteiger partial charge is 0.372 e. The van der Waals surface area contributed by atoms with Gasteiger partial charge in [-0.3, -0.25) is 0 Å². The Hall–Kier alpha value is -0.160. The van der Waals surface area contributed by atoms with E-state index in [9.17, 15) is 0 Å². The number of likely N-dealkylation sites (tertiary alicyclic amines) is 1. The molecule has 3 rings (SSSR count). The molecular formula is C17H33N3O. The third kappa shape index (κ3) is 4.41. The fraction of sp³-hybridized carbons (Fsp3) is 1.00. The van der Waals surface area contributed by atoms with Crippen LogP contribution in [0.4, 0.5) is 0 Å². The van der Waals surface area contributed by atoms with E-state index < -0.39 is 0 Å². The molecule has 0 aromatic heterocycles. The Labute approximate surface area is 130 Å². The summed E-state index contributed by atoms with van der Waals surface area (Å²) in [7, 11) is 2.18. The molecule has 4 heteroatoms. The van der Waals surface area contributed by atoms with Crippen molar-refractivity contribution in [2.75, 3.05) is 59.4 Å². The minimum atomic E-state index is 0.527. The maximum Gasteiger partial charge on any atom is 0.0832 e. The standard InChI is InChI=1S/C17H33N3O/c1-3-19-8-10-20(11-9-19)12-15-4-6-16(7-5-15)21-17-13-18(2)14-17/h15-17H,3-14H2,1-2H3. The summed E-state index contributed by atoms with van der Waals surface area (Å²) in [5, 5.41) is 0. The van der Waals surface area contributed by atoms with Crippen molar-refractivity contribution in [1.82, 2.24) is 14.7 Å². The molecule has 3 aliphatic rings. The van der Waals surface area contributed by atoms with E-state index in [1.807, 2.05) is 0 Å². The number of ether oxygens (including phenoxy) is 1. The molecule has 0 N–H and O–H groups in total. The minimum Gasteiger partial charge on any atom is -0.372 e. The monoisotopic (exact) mass is 295 g/mol. The average molecular weight is 295 g/mol. The number of likely N-dealkylation sites (N-methyl/N-ethyl adjacent to an activating group) is 2. The van der Waals surface area contributed by atoms with Gasteiger partial charge in [0.05, 0.1) is 12.2 Å². The molecule has 1 aliphatic carbocycles. The quantitative estimate of drug-likeness (QED) is 0.765. The van der Waals surface area contributed by atoms with Crippen LogP contribution in [0.1, 0.15) is 32.6 Å². The summed E-state index contributed by atoms with van der Waals surface area (Å²) in [6.07, 6.45) is 6.41. The molecule has 4 nitrogen and oxygen atoms in total. The minimum absolute atomic E-state index is 0.527. The van der Waals surface area contributed by atoms with Gasteiger partial charge in [0, 0.05) is 45.8 Å². The lowest BCUT2D eigenvalue weighted by atomic mass is 9.86. The maximum atomic E-state index is 6.20. The molecule has 0 atom stereocenters. The molecule has 2 aliphatic heterocycles. The van der Waals surface area contributed by atoms with Crippen LogP contribution in [0.25, 0.3) is 0 Å². The molecule has 0 aromatic carbocycles. The molecule has 0 spiro atoms. The Bertz CT molecular complexity index is 303. The van der Waals surface area contributed by atoms with Crippen LogP contribution in [0.3, 0.4) is 0 Å². The van der Waals surface area contributed by atoms with Crippen LogP contribution in [-0.2, 0) is 4.74 Å². The predicted octanol–water partition coefficient (Wildman–Crippen LogP) is 1.51. The van der Waals surface area contributed by atoms with E-state index in [-0.39, 0.29) is 0 Å². The van der Waals surface area contributed by atoms with Crippen LogP contribution < -0.4 is 0 Å². The van der Waals surface area contributed by atoms with Gasteiger partial charge < -0.3 is 19.4 Å². The van der Waals surface area contributed by atoms with Crippen LogP contribution in [-0.4, -0.2) is 86.3 Å². The molecule has 122 valence electrons. The summed E-state index contributed by atoms with van der Waals surface area (Å²) in [4.78, 5) is 7.60. The summed E-state index contributed by atoms with van der Waals surface area (Å²) >= 11 is 0. The number of hydrogen-bond acceptors (Lipinski definition) is 4. The van der Waals surface area contributed by atoms with E-state index in [0.717, 1.165) is 19.0 Å². The lowest BCUT2D eigenvalue weighted by Gasteiger charge is -2.41. The van der Waals surface area contributed by atoms with Crippen molar-refractivity contribution in [3.05, 3.63) is 0 Å². The van der Waals surface area contributed by atoms with Gasteiger partial charge in [-0.1, -0.05) is 6.92 Å². The van der Waals surface area contributed by atoms with E-state index in [0.29, 0.717) is 12.2 Å². The maximum absolute atomic E-state index is 6.20. The first-order chi connectivity index (χ1) is 10.2. The van der Waals surface area contributed by atoms with Gasteiger partial charge in [0.15, 0.2) is 0 Å². The average Bonchev–Trinajstić information content (AvgIpc) is 2.48. The van der Waals surface area contributed by atoms with Crippen LogP contribution >= 0.6 is 0 Å². The van der Waals surface area contributed by atoms with Crippen molar-refractivity contribution in [2.45, 2.75) is 44.8 Å². The first-order valence-electron chi connectivity index (χ1n) is 9.01. The van der Waals surface area contributed by atoms with E-state index in [1.54, 1.807) is 0 Å². The first kappa shape index (κ1) is 15.7. The van der Waals surface area contributed by atoms with Gasteiger partial charge in [-0.15, -0.1) is 0 Å². The summed E-state index contributed by atoms with van der Waals surface area (Å²) in [6, 6.07) is 0. The van der Waals surface area contributed by atoms with E-state index >= 15 is 0 Å². The van der Waals surface area contributed by atoms with Gasteiger partial charge in [0.1, 0.15) is 0 Å². The Kier molecular flexibility index (Phi) is 5.54. The van der Waals surface area contributed by atoms with Crippen LogP contribution in [0.2, 0.25) is 0 Å². The van der Waals surface area contributed by atoms with Gasteiger partial charge >= 0.3 is 0 Å². The SMILES string of the molecule is CCN1CCN(CC2CCC(OC3CN(C)C3)CC2)CC1. The smallest absolute Gasteiger partial charge is 0.0832 e. The molecule has 3 fully saturated rings. The number of nitrogens with zero attached hydrogens (tertiary/aromatic N) is 3. The third-order valence-corrected chi connectivity index (χ3v) is 5.64. The van der Waals surface area contributed by atoms with Gasteiger partial charge in [-0.05, 0) is 45.2 Å². The Morgan fingerprint density at radius 1 is 0.857 bits per heavy atom. The van der Waals surface area contributed by atoms with Gasteiger partial charge in [0.25, 0.3) is 0 Å². The highest BCUT2D eigenvalue weighted by Crippen LogP contribution is 2.29. The molecule has 0 bridgehead atoms. The molecule has 0 unspecified atom stereocenters. The second-order valence-corrected chi connectivity index (χ2v) is 7.36.